The van der Waals surface area contributed by atoms with Crippen molar-refractivity contribution in [3.63, 3.8) is 0 Å². The first kappa shape index (κ1) is 21.2. The molecule has 3 rings (SSSR count). The Bertz CT molecular complexity index is 912. The molecule has 0 radical (unpaired) electrons. The maximum atomic E-state index is 13.3. The molecule has 9 nitrogen and oxygen atoms in total. The number of carbonyl (C=O) groups is 2. The lowest BCUT2D eigenvalue weighted by Crippen LogP contribution is -2.61. The molecule has 3 atom stereocenters. The molecule has 1 saturated heterocycles. The number of halogens is 1. The van der Waals surface area contributed by atoms with E-state index in [-0.39, 0.29) is 19.5 Å². The Balaban J connectivity index is 2.11. The average molecular weight is 423 g/mol. The first-order valence-electron chi connectivity index (χ1n) is 9.23. The Labute approximate surface area is 173 Å². The molecule has 3 N–H and O–H groups in total. The third-order valence-electron chi connectivity index (χ3n) is 4.87. The van der Waals surface area contributed by atoms with Crippen molar-refractivity contribution >= 4 is 23.6 Å². The molecule has 2 amide bonds. The zero-order valence-corrected chi connectivity index (χ0v) is 17.3. The van der Waals surface area contributed by atoms with Gasteiger partial charge in [0.15, 0.2) is 6.04 Å². The Kier molecular flexibility index (Phi) is 5.66. The molecule has 0 aliphatic carbocycles. The molecule has 1 aromatic heterocycles. The Morgan fingerprint density at radius 2 is 2.14 bits per heavy atom. The van der Waals surface area contributed by atoms with E-state index >= 15 is 0 Å². The van der Waals surface area contributed by atoms with Crippen LogP contribution in [-0.2, 0) is 16.1 Å². The van der Waals surface area contributed by atoms with Crippen LogP contribution in [0.1, 0.15) is 32.8 Å². The molecule has 0 spiro atoms. The van der Waals surface area contributed by atoms with E-state index in [1.54, 1.807) is 43.7 Å². The summed E-state index contributed by atoms with van der Waals surface area (Å²) in [5.74, 6) is -0.670. The monoisotopic (exact) mass is 422 g/mol. The Morgan fingerprint density at radius 3 is 2.72 bits per heavy atom. The Morgan fingerprint density at radius 1 is 1.41 bits per heavy atom. The van der Waals surface area contributed by atoms with Crippen LogP contribution in [0, 0.1) is 0 Å². The largest absolute Gasteiger partial charge is 0.517 e. The molecule has 1 fully saturated rings. The van der Waals surface area contributed by atoms with Crippen molar-refractivity contribution in [2.45, 2.75) is 51.5 Å². The third-order valence-corrected chi connectivity index (χ3v) is 5.11. The number of nitrogens with two attached hydrogens (primary N) is 1. The van der Waals surface area contributed by atoms with E-state index in [9.17, 15) is 14.7 Å². The molecule has 1 aliphatic heterocycles. The fraction of sp³-hybridized carbons (Fsp3) is 0.474. The quantitative estimate of drug-likeness (QED) is 0.724. The van der Waals surface area contributed by atoms with Gasteiger partial charge in [0.05, 0.1) is 5.69 Å². The minimum atomic E-state index is -0.928. The van der Waals surface area contributed by atoms with Crippen LogP contribution in [-0.4, -0.2) is 60.6 Å². The Hall–Kier alpha value is -2.49. The fourth-order valence-electron chi connectivity index (χ4n) is 3.73. The fourth-order valence-corrected chi connectivity index (χ4v) is 3.93. The number of quaternary nitrogens is 1. The van der Waals surface area contributed by atoms with Gasteiger partial charge in [-0.05, 0) is 39.0 Å². The predicted molar refractivity (Wildman–Crippen MR) is 105 cm³/mol. The lowest BCUT2D eigenvalue weighted by Gasteiger charge is -2.36. The predicted octanol–water partition coefficient (Wildman–Crippen LogP) is 1.79. The number of benzene rings is 1. The molecule has 2 heterocycles. The summed E-state index contributed by atoms with van der Waals surface area (Å²) < 4.78 is 6.73. The molecule has 2 aromatic rings. The van der Waals surface area contributed by atoms with Crippen LogP contribution in [0.3, 0.4) is 0 Å². The minimum Gasteiger partial charge on any atom is -0.414 e. The topological polar surface area (TPSA) is 120 Å². The van der Waals surface area contributed by atoms with Crippen LogP contribution >= 0.6 is 11.6 Å². The maximum absolute atomic E-state index is 13.3. The van der Waals surface area contributed by atoms with E-state index in [2.05, 4.69) is 10.1 Å². The van der Waals surface area contributed by atoms with E-state index in [0.29, 0.717) is 16.3 Å². The van der Waals surface area contributed by atoms with Gasteiger partial charge in [-0.25, -0.2) is 14.1 Å². The van der Waals surface area contributed by atoms with E-state index in [0.717, 1.165) is 0 Å². The van der Waals surface area contributed by atoms with E-state index < -0.39 is 34.2 Å². The van der Waals surface area contributed by atoms with Crippen LogP contribution in [0.5, 0.6) is 0 Å². The molecule has 1 aliphatic rings. The van der Waals surface area contributed by atoms with Gasteiger partial charge < -0.3 is 15.6 Å². The molecule has 29 heavy (non-hydrogen) atoms. The van der Waals surface area contributed by atoms with Crippen molar-refractivity contribution in [2.75, 3.05) is 6.54 Å². The van der Waals surface area contributed by atoms with E-state index in [1.807, 2.05) is 0 Å². The summed E-state index contributed by atoms with van der Waals surface area (Å²) in [7, 11) is 0. The van der Waals surface area contributed by atoms with Crippen molar-refractivity contribution in [3.05, 3.63) is 41.4 Å². The van der Waals surface area contributed by atoms with E-state index in [1.165, 1.54) is 12.7 Å². The number of hydrogen-bond donors (Lipinski definition) is 2. The van der Waals surface area contributed by atoms with Gasteiger partial charge in [0.25, 0.3) is 5.91 Å². The number of aliphatic hydroxyl groups is 1. The second-order valence-corrected chi connectivity index (χ2v) is 8.71. The second kappa shape index (κ2) is 7.74. The summed E-state index contributed by atoms with van der Waals surface area (Å²) in [5.41, 5.74) is 6.15. The summed E-state index contributed by atoms with van der Waals surface area (Å²) in [6, 6.07) is 4.22. The smallest absolute Gasteiger partial charge is 0.414 e. The molecule has 156 valence electrons. The van der Waals surface area contributed by atoms with Crippen molar-refractivity contribution in [1.29, 1.82) is 0 Å². The van der Waals surface area contributed by atoms with Crippen LogP contribution in [0.2, 0.25) is 5.02 Å². The first-order chi connectivity index (χ1) is 13.5. The van der Waals surface area contributed by atoms with Gasteiger partial charge in [-0.2, -0.15) is 9.89 Å². The highest BCUT2D eigenvalue weighted by atomic mass is 35.5. The third kappa shape index (κ3) is 4.42. The SMILES string of the molecule is CC(C)(C)OC(=O)[N+]1(Cc2cc(Cl)ccc2-n2cncn2)C[C@H](O)C[C@H]1C(N)=O. The molecule has 10 heteroatoms. The highest BCUT2D eigenvalue weighted by Gasteiger charge is 2.57. The summed E-state index contributed by atoms with van der Waals surface area (Å²) in [6.45, 7) is 5.29. The standard InChI is InChI=1S/C19H24ClN5O4/c1-19(2,3)29-18(28)25(9-14(26)7-16(25)17(21)27)8-12-6-13(20)4-5-15(12)24-11-22-10-23-24/h4-6,10-11,14,16,26H,7-9H2,1-3H3,(H-,21,27)/p+1/t14-,16+,25?/m1/s1. The molecular formula is C19H25ClN5O4+. The summed E-state index contributed by atoms with van der Waals surface area (Å²) in [6.07, 6.45) is 1.50. The number of amides is 2. The summed E-state index contributed by atoms with van der Waals surface area (Å²) in [5, 5.41) is 14.9. The zero-order chi connectivity index (χ0) is 21.4. The number of ether oxygens (including phenoxy) is 1. The highest BCUT2D eigenvalue weighted by molar-refractivity contribution is 6.30. The van der Waals surface area contributed by atoms with Crippen LogP contribution in [0.25, 0.3) is 5.69 Å². The number of hydrogen-bond acceptors (Lipinski definition) is 6. The summed E-state index contributed by atoms with van der Waals surface area (Å²) >= 11 is 6.21. The number of aromatic nitrogens is 3. The van der Waals surface area contributed by atoms with Crippen molar-refractivity contribution in [2.24, 2.45) is 5.73 Å². The maximum Gasteiger partial charge on any atom is 0.517 e. The molecule has 0 saturated carbocycles. The van der Waals surface area contributed by atoms with Crippen LogP contribution < -0.4 is 5.73 Å². The van der Waals surface area contributed by atoms with Gasteiger partial charge in [0.1, 0.15) is 37.4 Å². The lowest BCUT2D eigenvalue weighted by atomic mass is 10.1. The zero-order valence-electron chi connectivity index (χ0n) is 16.6. The van der Waals surface area contributed by atoms with Gasteiger partial charge in [0, 0.05) is 17.0 Å². The number of primary amides is 1. The van der Waals surface area contributed by atoms with Gasteiger partial charge >= 0.3 is 6.09 Å². The van der Waals surface area contributed by atoms with Crippen molar-refractivity contribution < 1.29 is 23.9 Å². The normalized spacial score (nSPS) is 24.4. The van der Waals surface area contributed by atoms with Crippen LogP contribution in [0.4, 0.5) is 4.79 Å². The number of aliphatic hydroxyl groups excluding tert-OH is 1. The lowest BCUT2D eigenvalue weighted by molar-refractivity contribution is -0.876. The number of rotatable bonds is 4. The van der Waals surface area contributed by atoms with Crippen LogP contribution in [0.15, 0.2) is 30.9 Å². The molecule has 1 unspecified atom stereocenters. The second-order valence-electron chi connectivity index (χ2n) is 8.28. The first-order valence-corrected chi connectivity index (χ1v) is 9.61. The molecular weight excluding hydrogens is 398 g/mol. The van der Waals surface area contributed by atoms with Gasteiger partial charge in [0.2, 0.25) is 0 Å². The summed E-state index contributed by atoms with van der Waals surface area (Å²) in [4.78, 5) is 29.5. The minimum absolute atomic E-state index is 0.00578. The van der Waals surface area contributed by atoms with Gasteiger partial charge in [-0.15, -0.1) is 0 Å². The number of nitrogens with zero attached hydrogens (tertiary/aromatic N) is 4. The molecule has 0 bridgehead atoms. The number of carbonyl (C=O) groups excluding carboxylic acids is 2. The van der Waals surface area contributed by atoms with Gasteiger partial charge in [-0.3, -0.25) is 4.79 Å². The van der Waals surface area contributed by atoms with Crippen molar-refractivity contribution in [3.8, 4) is 5.69 Å². The highest BCUT2D eigenvalue weighted by Crippen LogP contribution is 2.35. The molecule has 1 aromatic carbocycles. The van der Waals surface area contributed by atoms with Gasteiger partial charge in [-0.1, -0.05) is 11.6 Å². The number of likely N-dealkylation sites (tertiary alicyclic amines) is 1. The van der Waals surface area contributed by atoms with E-state index in [4.69, 9.17) is 22.1 Å². The average Bonchev–Trinajstić information content (AvgIpc) is 3.22. The van der Waals surface area contributed by atoms with Crippen molar-refractivity contribution in [1.82, 2.24) is 14.8 Å².